The summed E-state index contributed by atoms with van der Waals surface area (Å²) in [7, 11) is -3.78. The van der Waals surface area contributed by atoms with Gasteiger partial charge in [-0.1, -0.05) is 57.2 Å². The minimum Gasteiger partial charge on any atom is -0.337 e. The van der Waals surface area contributed by atoms with E-state index in [9.17, 15) is 13.2 Å². The van der Waals surface area contributed by atoms with Crippen LogP contribution in [-0.2, 0) is 10.0 Å². The van der Waals surface area contributed by atoms with E-state index in [2.05, 4.69) is 12.2 Å². The van der Waals surface area contributed by atoms with E-state index in [0.29, 0.717) is 6.54 Å². The highest BCUT2D eigenvalue weighted by Crippen LogP contribution is 2.07. The second kappa shape index (κ2) is 9.39. The molecule has 0 aliphatic heterocycles. The van der Waals surface area contributed by atoms with E-state index in [1.165, 1.54) is 31.4 Å². The number of amides is 2. The molecule has 5 nitrogen and oxygen atoms in total. The zero-order valence-electron chi connectivity index (χ0n) is 12.5. The van der Waals surface area contributed by atoms with E-state index < -0.39 is 16.1 Å². The lowest BCUT2D eigenvalue weighted by molar-refractivity contribution is 0.245. The van der Waals surface area contributed by atoms with Crippen molar-refractivity contribution >= 4 is 16.1 Å². The van der Waals surface area contributed by atoms with E-state index in [-0.39, 0.29) is 4.90 Å². The third-order valence-corrected chi connectivity index (χ3v) is 4.44. The maximum atomic E-state index is 11.9. The molecule has 0 aromatic heterocycles. The van der Waals surface area contributed by atoms with Crippen molar-refractivity contribution in [3.63, 3.8) is 0 Å². The summed E-state index contributed by atoms with van der Waals surface area (Å²) < 4.78 is 25.8. The summed E-state index contributed by atoms with van der Waals surface area (Å²) >= 11 is 0. The maximum absolute atomic E-state index is 11.9. The van der Waals surface area contributed by atoms with Crippen LogP contribution in [0.3, 0.4) is 0 Å². The van der Waals surface area contributed by atoms with Crippen molar-refractivity contribution in [1.82, 2.24) is 10.0 Å². The second-order valence-corrected chi connectivity index (χ2v) is 6.62. The van der Waals surface area contributed by atoms with Crippen molar-refractivity contribution in [2.75, 3.05) is 6.54 Å². The van der Waals surface area contributed by atoms with Crippen LogP contribution in [0.1, 0.15) is 45.4 Å². The van der Waals surface area contributed by atoms with Gasteiger partial charge in [0.15, 0.2) is 0 Å². The number of nitrogens with one attached hydrogen (secondary N) is 2. The predicted molar refractivity (Wildman–Crippen MR) is 83.5 cm³/mol. The summed E-state index contributed by atoms with van der Waals surface area (Å²) in [6, 6.07) is 7.17. The Hall–Kier alpha value is -1.56. The number of rotatable bonds is 9. The van der Waals surface area contributed by atoms with E-state index >= 15 is 0 Å². The van der Waals surface area contributed by atoms with Crippen molar-refractivity contribution in [1.29, 1.82) is 0 Å². The number of urea groups is 1. The van der Waals surface area contributed by atoms with E-state index in [4.69, 9.17) is 0 Å². The van der Waals surface area contributed by atoms with Crippen molar-refractivity contribution in [3.8, 4) is 0 Å². The quantitative estimate of drug-likeness (QED) is 0.688. The summed E-state index contributed by atoms with van der Waals surface area (Å²) in [4.78, 5) is 11.6. The second-order valence-electron chi connectivity index (χ2n) is 4.94. The fourth-order valence-corrected chi connectivity index (χ4v) is 2.87. The van der Waals surface area contributed by atoms with Crippen LogP contribution in [0.4, 0.5) is 4.79 Å². The van der Waals surface area contributed by atoms with Gasteiger partial charge in [0.05, 0.1) is 4.90 Å². The van der Waals surface area contributed by atoms with Gasteiger partial charge in [0.1, 0.15) is 0 Å². The van der Waals surface area contributed by atoms with Gasteiger partial charge < -0.3 is 5.32 Å². The van der Waals surface area contributed by atoms with Crippen LogP contribution in [0.5, 0.6) is 0 Å². The van der Waals surface area contributed by atoms with Crippen LogP contribution in [0.25, 0.3) is 0 Å². The molecular formula is C15H24N2O3S. The Labute approximate surface area is 127 Å². The maximum Gasteiger partial charge on any atom is 0.328 e. The van der Waals surface area contributed by atoms with Crippen LogP contribution in [-0.4, -0.2) is 21.0 Å². The third-order valence-electron chi connectivity index (χ3n) is 3.10. The molecule has 1 rings (SSSR count). The number of sulfonamides is 1. The summed E-state index contributed by atoms with van der Waals surface area (Å²) in [6.45, 7) is 2.65. The normalized spacial score (nSPS) is 11.1. The highest BCUT2D eigenvalue weighted by molar-refractivity contribution is 7.90. The first-order chi connectivity index (χ1) is 10.1. The fourth-order valence-electron chi connectivity index (χ4n) is 1.92. The molecule has 21 heavy (non-hydrogen) atoms. The van der Waals surface area contributed by atoms with Gasteiger partial charge in [-0.05, 0) is 18.6 Å². The Morgan fingerprint density at radius 3 is 2.29 bits per heavy atom. The SMILES string of the molecule is CCCCCCCCNC(=O)NS(=O)(=O)c1ccccc1. The number of hydrogen-bond donors (Lipinski definition) is 2. The lowest BCUT2D eigenvalue weighted by atomic mass is 10.1. The zero-order valence-corrected chi connectivity index (χ0v) is 13.3. The highest BCUT2D eigenvalue weighted by atomic mass is 32.2. The fraction of sp³-hybridized carbons (Fsp3) is 0.533. The van der Waals surface area contributed by atoms with Gasteiger partial charge in [0.25, 0.3) is 10.0 Å². The molecule has 0 bridgehead atoms. The Morgan fingerprint density at radius 2 is 1.62 bits per heavy atom. The minimum absolute atomic E-state index is 0.0831. The molecule has 2 amide bonds. The molecule has 0 aliphatic carbocycles. The first kappa shape index (κ1) is 17.5. The van der Waals surface area contributed by atoms with Gasteiger partial charge in [-0.15, -0.1) is 0 Å². The van der Waals surface area contributed by atoms with Crippen molar-refractivity contribution < 1.29 is 13.2 Å². The molecule has 1 aromatic rings. The molecule has 2 N–H and O–H groups in total. The molecule has 0 heterocycles. The first-order valence-corrected chi connectivity index (χ1v) is 8.90. The standard InChI is InChI=1S/C15H24N2O3S/c1-2-3-4-5-6-10-13-16-15(18)17-21(19,20)14-11-8-7-9-12-14/h7-9,11-12H,2-6,10,13H2,1H3,(H2,16,17,18). The van der Waals surface area contributed by atoms with Gasteiger partial charge in [-0.25, -0.2) is 17.9 Å². The molecule has 0 atom stereocenters. The summed E-state index contributed by atoms with van der Waals surface area (Å²) in [5.74, 6) is 0. The molecular weight excluding hydrogens is 288 g/mol. The average molecular weight is 312 g/mol. The van der Waals surface area contributed by atoms with Crippen LogP contribution in [0, 0.1) is 0 Å². The van der Waals surface area contributed by atoms with Gasteiger partial charge in [0.2, 0.25) is 0 Å². The van der Waals surface area contributed by atoms with E-state index in [1.54, 1.807) is 18.2 Å². The van der Waals surface area contributed by atoms with Crippen molar-refractivity contribution in [2.24, 2.45) is 0 Å². The first-order valence-electron chi connectivity index (χ1n) is 7.42. The molecule has 0 fully saturated rings. The minimum atomic E-state index is -3.78. The van der Waals surface area contributed by atoms with Crippen LogP contribution in [0.2, 0.25) is 0 Å². The molecule has 118 valence electrons. The van der Waals surface area contributed by atoms with Gasteiger partial charge in [0, 0.05) is 6.54 Å². The number of benzene rings is 1. The lowest BCUT2D eigenvalue weighted by Gasteiger charge is -2.08. The Bertz CT molecular complexity index is 515. The van der Waals surface area contributed by atoms with Crippen LogP contribution < -0.4 is 10.0 Å². The molecule has 0 saturated carbocycles. The van der Waals surface area contributed by atoms with Gasteiger partial charge in [-0.3, -0.25) is 0 Å². The van der Waals surface area contributed by atoms with E-state index in [1.807, 2.05) is 4.72 Å². The van der Waals surface area contributed by atoms with Crippen LogP contribution in [0.15, 0.2) is 35.2 Å². The Balaban J connectivity index is 2.25. The molecule has 0 unspecified atom stereocenters. The van der Waals surface area contributed by atoms with Crippen LogP contribution >= 0.6 is 0 Å². The summed E-state index contributed by atoms with van der Waals surface area (Å²) in [5.41, 5.74) is 0. The van der Waals surface area contributed by atoms with Gasteiger partial charge in [-0.2, -0.15) is 0 Å². The Morgan fingerprint density at radius 1 is 1.00 bits per heavy atom. The average Bonchev–Trinajstić information content (AvgIpc) is 2.47. The lowest BCUT2D eigenvalue weighted by Crippen LogP contribution is -2.39. The summed E-state index contributed by atoms with van der Waals surface area (Å²) in [6.07, 6.45) is 6.72. The molecule has 0 aliphatic rings. The number of carbonyl (C=O) groups is 1. The molecule has 0 radical (unpaired) electrons. The topological polar surface area (TPSA) is 75.3 Å². The molecule has 0 saturated heterocycles. The molecule has 0 spiro atoms. The zero-order chi connectivity index (χ0) is 15.6. The Kier molecular flexibility index (Phi) is 7.82. The molecule has 1 aromatic carbocycles. The number of hydrogen-bond acceptors (Lipinski definition) is 3. The predicted octanol–water partition coefficient (Wildman–Crippen LogP) is 3.04. The largest absolute Gasteiger partial charge is 0.337 e. The highest BCUT2D eigenvalue weighted by Gasteiger charge is 2.16. The van der Waals surface area contributed by atoms with Crippen molar-refractivity contribution in [2.45, 2.75) is 50.3 Å². The monoisotopic (exact) mass is 312 g/mol. The van der Waals surface area contributed by atoms with Gasteiger partial charge >= 0.3 is 6.03 Å². The number of carbonyl (C=O) groups excluding carboxylic acids is 1. The molecule has 6 heteroatoms. The number of unbranched alkanes of at least 4 members (excludes halogenated alkanes) is 5. The van der Waals surface area contributed by atoms with Crippen molar-refractivity contribution in [3.05, 3.63) is 30.3 Å². The smallest absolute Gasteiger partial charge is 0.328 e. The summed E-state index contributed by atoms with van der Waals surface area (Å²) in [5, 5.41) is 2.57. The third kappa shape index (κ3) is 7.13. The van der Waals surface area contributed by atoms with E-state index in [0.717, 1.165) is 19.3 Å².